The Morgan fingerprint density at radius 3 is 2.33 bits per heavy atom. The summed E-state index contributed by atoms with van der Waals surface area (Å²) in [5.41, 5.74) is 1.66. The van der Waals surface area contributed by atoms with E-state index in [1.165, 1.54) is 42.5 Å². The van der Waals surface area contributed by atoms with Gasteiger partial charge in [-0.3, -0.25) is 9.69 Å². The highest BCUT2D eigenvalue weighted by molar-refractivity contribution is 7.22. The number of anilines is 2. The van der Waals surface area contributed by atoms with Crippen LogP contribution in [0.1, 0.15) is 31.0 Å². The Kier molecular flexibility index (Phi) is 8.38. The lowest BCUT2D eigenvalue weighted by molar-refractivity contribution is -0.137. The summed E-state index contributed by atoms with van der Waals surface area (Å²) in [6.45, 7) is 6.02. The van der Waals surface area contributed by atoms with Crippen molar-refractivity contribution in [2.75, 3.05) is 36.4 Å². The number of fused-ring (bicyclic) bond motifs is 1. The molecule has 3 heterocycles. The Labute approximate surface area is 260 Å². The zero-order valence-corrected chi connectivity index (χ0v) is 25.1. The molecule has 2 aromatic heterocycles. The minimum Gasteiger partial charge on any atom is -0.437 e. The number of nitrogens with zero attached hydrogens (tertiary/aromatic N) is 5. The van der Waals surface area contributed by atoms with E-state index >= 15 is 0 Å². The molecule has 8 nitrogen and oxygen atoms in total. The molecule has 3 aromatic carbocycles. The first-order valence-electron chi connectivity index (χ1n) is 14.2. The molecule has 13 heteroatoms. The molecule has 0 unspecified atom stereocenters. The summed E-state index contributed by atoms with van der Waals surface area (Å²) in [6, 6.07) is 18.3. The van der Waals surface area contributed by atoms with Crippen molar-refractivity contribution in [1.29, 1.82) is 0 Å². The van der Waals surface area contributed by atoms with Gasteiger partial charge in [-0.1, -0.05) is 41.7 Å². The van der Waals surface area contributed by atoms with Crippen molar-refractivity contribution in [3.63, 3.8) is 0 Å². The number of halogens is 4. The number of aromatic nitrogens is 3. The number of amides is 1. The molecular weight excluding hydrogens is 608 g/mol. The number of piperazine rings is 1. The summed E-state index contributed by atoms with van der Waals surface area (Å²) in [6.07, 6.45) is -4.46. The third-order valence-corrected chi connectivity index (χ3v) is 8.51. The summed E-state index contributed by atoms with van der Waals surface area (Å²) in [4.78, 5) is 29.8. The third-order valence-electron chi connectivity index (χ3n) is 7.58. The van der Waals surface area contributed by atoms with E-state index in [0.717, 1.165) is 22.4 Å². The second-order valence-corrected chi connectivity index (χ2v) is 11.7. The SMILES string of the molecule is CC(=O)Nc1nc2c(Oc3cc(-c4ccc(C(F)(F)F)cc4)nc(N4CCN([C@H](C)c5ccc(F)cc5)CC4)n3)cccc2s1. The summed E-state index contributed by atoms with van der Waals surface area (Å²) in [5.74, 6) is 0.448. The highest BCUT2D eigenvalue weighted by atomic mass is 32.1. The lowest BCUT2D eigenvalue weighted by Gasteiger charge is -2.38. The van der Waals surface area contributed by atoms with Crippen molar-refractivity contribution in [3.8, 4) is 22.9 Å². The standard InChI is InChI=1S/C32H28F4N6O2S/c1-19(21-8-12-24(33)13-9-21)41-14-16-42(17-15-41)30-38-25(22-6-10-23(11-7-22)32(34,35)36)18-28(39-30)44-26-4-3-5-27-29(26)40-31(45-27)37-20(2)43/h3-13,18-19H,14-17H2,1-2H3,(H,37,40,43)/t19-/m1/s1. The summed E-state index contributed by atoms with van der Waals surface area (Å²) in [7, 11) is 0. The number of para-hydroxylation sites is 1. The summed E-state index contributed by atoms with van der Waals surface area (Å²) < 4.78 is 60.2. The smallest absolute Gasteiger partial charge is 0.416 e. The van der Waals surface area contributed by atoms with Gasteiger partial charge in [0.2, 0.25) is 17.7 Å². The number of nitrogens with one attached hydrogen (secondary N) is 1. The molecule has 1 aliphatic rings. The number of carbonyl (C=O) groups is 1. The Bertz CT molecular complexity index is 1820. The van der Waals surface area contributed by atoms with Crippen molar-refractivity contribution in [2.45, 2.75) is 26.1 Å². The molecule has 1 fully saturated rings. The molecule has 0 aliphatic carbocycles. The van der Waals surface area contributed by atoms with Crippen LogP contribution >= 0.6 is 11.3 Å². The molecule has 6 rings (SSSR count). The van der Waals surface area contributed by atoms with Gasteiger partial charge in [0.25, 0.3) is 0 Å². The zero-order valence-electron chi connectivity index (χ0n) is 24.3. The predicted octanol–water partition coefficient (Wildman–Crippen LogP) is 7.55. The fraction of sp³-hybridized carbons (Fsp3) is 0.250. The topological polar surface area (TPSA) is 83.5 Å². The molecule has 1 N–H and O–H groups in total. The summed E-state index contributed by atoms with van der Waals surface area (Å²) >= 11 is 1.30. The first-order valence-corrected chi connectivity index (χ1v) is 15.0. The van der Waals surface area contributed by atoms with E-state index in [0.29, 0.717) is 59.8 Å². The second kappa shape index (κ2) is 12.4. The maximum absolute atomic E-state index is 13.4. The molecule has 5 aromatic rings. The van der Waals surface area contributed by atoms with Crippen molar-refractivity contribution < 1.29 is 27.1 Å². The Morgan fingerprint density at radius 1 is 0.956 bits per heavy atom. The average molecular weight is 637 g/mol. The minimum absolute atomic E-state index is 0.0760. The molecule has 0 spiro atoms. The minimum atomic E-state index is -4.46. The van der Waals surface area contributed by atoms with Gasteiger partial charge in [-0.05, 0) is 48.9 Å². The second-order valence-electron chi connectivity index (χ2n) is 10.6. The number of hydrogen-bond acceptors (Lipinski definition) is 8. The Morgan fingerprint density at radius 2 is 1.67 bits per heavy atom. The van der Waals surface area contributed by atoms with Crippen LogP contribution in [0.25, 0.3) is 21.5 Å². The molecule has 1 saturated heterocycles. The van der Waals surface area contributed by atoms with Crippen LogP contribution in [-0.2, 0) is 11.0 Å². The molecular formula is C32H28F4N6O2S. The number of thiazole rings is 1. The van der Waals surface area contributed by atoms with Gasteiger partial charge in [0.05, 0.1) is 16.0 Å². The monoisotopic (exact) mass is 636 g/mol. The number of ether oxygens (including phenoxy) is 1. The van der Waals surface area contributed by atoms with Gasteiger partial charge in [0, 0.05) is 50.8 Å². The number of benzene rings is 3. The predicted molar refractivity (Wildman–Crippen MR) is 165 cm³/mol. The number of rotatable bonds is 7. The summed E-state index contributed by atoms with van der Waals surface area (Å²) in [5, 5.41) is 3.11. The Balaban J connectivity index is 1.30. The van der Waals surface area contributed by atoms with Gasteiger partial charge in [-0.25, -0.2) is 14.4 Å². The van der Waals surface area contributed by atoms with E-state index in [1.807, 2.05) is 11.0 Å². The van der Waals surface area contributed by atoms with E-state index < -0.39 is 11.7 Å². The fourth-order valence-electron chi connectivity index (χ4n) is 5.17. The lowest BCUT2D eigenvalue weighted by Crippen LogP contribution is -2.47. The first-order chi connectivity index (χ1) is 21.5. The van der Waals surface area contributed by atoms with Crippen molar-refractivity contribution in [2.24, 2.45) is 0 Å². The van der Waals surface area contributed by atoms with Gasteiger partial charge >= 0.3 is 6.18 Å². The van der Waals surface area contributed by atoms with Crippen molar-refractivity contribution in [3.05, 3.63) is 89.7 Å². The third kappa shape index (κ3) is 6.89. The number of carbonyl (C=O) groups excluding carboxylic acids is 1. The van der Waals surface area contributed by atoms with Gasteiger partial charge < -0.3 is 15.0 Å². The molecule has 0 radical (unpaired) electrons. The largest absolute Gasteiger partial charge is 0.437 e. The highest BCUT2D eigenvalue weighted by Gasteiger charge is 2.30. The number of alkyl halides is 3. The lowest BCUT2D eigenvalue weighted by atomic mass is 10.1. The van der Waals surface area contributed by atoms with Gasteiger partial charge in [0.1, 0.15) is 11.3 Å². The van der Waals surface area contributed by atoms with E-state index in [4.69, 9.17) is 14.7 Å². The normalized spacial score (nSPS) is 14.8. The number of hydrogen-bond donors (Lipinski definition) is 1. The van der Waals surface area contributed by atoms with Crippen molar-refractivity contribution in [1.82, 2.24) is 19.9 Å². The van der Waals surface area contributed by atoms with Crippen LogP contribution in [0.2, 0.25) is 0 Å². The van der Waals surface area contributed by atoms with Crippen LogP contribution in [0, 0.1) is 5.82 Å². The Hall–Kier alpha value is -4.62. The highest BCUT2D eigenvalue weighted by Crippen LogP contribution is 2.36. The van der Waals surface area contributed by atoms with Crippen LogP contribution in [0.5, 0.6) is 11.6 Å². The van der Waals surface area contributed by atoms with E-state index in [2.05, 4.69) is 22.1 Å². The van der Waals surface area contributed by atoms with E-state index in [-0.39, 0.29) is 23.6 Å². The van der Waals surface area contributed by atoms with Crippen LogP contribution in [0.15, 0.2) is 72.8 Å². The fourth-order valence-corrected chi connectivity index (χ4v) is 6.10. The first kappa shape index (κ1) is 30.4. The van der Waals surface area contributed by atoms with E-state index in [1.54, 1.807) is 30.3 Å². The maximum Gasteiger partial charge on any atom is 0.416 e. The van der Waals surface area contributed by atoms with Crippen molar-refractivity contribution >= 4 is 38.5 Å². The molecule has 45 heavy (non-hydrogen) atoms. The molecule has 1 atom stereocenters. The quantitative estimate of drug-likeness (QED) is 0.185. The molecule has 0 saturated carbocycles. The van der Waals surface area contributed by atoms with Crippen LogP contribution < -0.4 is 15.0 Å². The molecule has 0 bridgehead atoms. The zero-order chi connectivity index (χ0) is 31.7. The molecule has 232 valence electrons. The van der Waals surface area contributed by atoms with Crippen LogP contribution in [0.4, 0.5) is 28.6 Å². The van der Waals surface area contributed by atoms with Gasteiger partial charge in [-0.15, -0.1) is 0 Å². The molecule has 1 amide bonds. The maximum atomic E-state index is 13.4. The van der Waals surface area contributed by atoms with E-state index in [9.17, 15) is 22.4 Å². The van der Waals surface area contributed by atoms with Crippen LogP contribution in [0.3, 0.4) is 0 Å². The van der Waals surface area contributed by atoms with Gasteiger partial charge in [-0.2, -0.15) is 18.2 Å². The molecule has 1 aliphatic heterocycles. The van der Waals surface area contributed by atoms with Crippen LogP contribution in [-0.4, -0.2) is 51.9 Å². The average Bonchev–Trinajstić information content (AvgIpc) is 3.43. The van der Waals surface area contributed by atoms with Gasteiger partial charge in [0.15, 0.2) is 10.9 Å².